The summed E-state index contributed by atoms with van der Waals surface area (Å²) in [5, 5.41) is 0. The Hall–Kier alpha value is -1.48. The van der Waals surface area contributed by atoms with Crippen molar-refractivity contribution in [2.75, 3.05) is 52.9 Å². The van der Waals surface area contributed by atoms with Crippen LogP contribution in [0.15, 0.2) is 0 Å². The van der Waals surface area contributed by atoms with E-state index in [0.29, 0.717) is 19.3 Å². The third-order valence-corrected chi connectivity index (χ3v) is 3.91. The molecule has 0 saturated heterocycles. The highest BCUT2D eigenvalue weighted by molar-refractivity contribution is 5.80. The van der Waals surface area contributed by atoms with Crippen LogP contribution in [0.1, 0.15) is 47.0 Å². The molecular weight excluding hydrogens is 368 g/mol. The third kappa shape index (κ3) is 12.8. The van der Waals surface area contributed by atoms with Crippen LogP contribution in [-0.2, 0) is 38.1 Å². The Labute approximate surface area is 167 Å². The summed E-state index contributed by atoms with van der Waals surface area (Å²) in [5.41, 5.74) is -0.856. The first-order valence-electron chi connectivity index (χ1n) is 9.64. The second kappa shape index (κ2) is 15.4. The molecule has 8 heteroatoms. The summed E-state index contributed by atoms with van der Waals surface area (Å²) < 4.78 is 22.1. The molecule has 162 valence electrons. The molecule has 0 aromatic rings. The summed E-state index contributed by atoms with van der Waals surface area (Å²) in [4.78, 5) is 45.8. The van der Waals surface area contributed by atoms with E-state index >= 15 is 0 Å². The van der Waals surface area contributed by atoms with E-state index < -0.39 is 5.41 Å². The van der Waals surface area contributed by atoms with Crippen LogP contribution >= 0.6 is 0 Å². The van der Waals surface area contributed by atoms with Crippen LogP contribution in [0, 0.1) is 5.41 Å². The number of ether oxygens (including phenoxy) is 4. The number of rotatable bonds is 19. The molecule has 0 unspecified atom stereocenters. The van der Waals surface area contributed by atoms with Gasteiger partial charge in [0.15, 0.2) is 23.1 Å². The van der Waals surface area contributed by atoms with Crippen LogP contribution in [0.2, 0.25) is 0 Å². The summed E-state index contributed by atoms with van der Waals surface area (Å²) in [6, 6.07) is 0. The molecule has 0 rings (SSSR count). The van der Waals surface area contributed by atoms with Gasteiger partial charge in [0, 0.05) is 19.3 Å². The lowest BCUT2D eigenvalue weighted by molar-refractivity contribution is -0.141. The molecule has 0 aliphatic heterocycles. The van der Waals surface area contributed by atoms with Crippen molar-refractivity contribution in [1.82, 2.24) is 0 Å². The Balaban J connectivity index is 5.09. The molecule has 0 spiro atoms. The van der Waals surface area contributed by atoms with Gasteiger partial charge in [-0.2, -0.15) is 0 Å². The van der Waals surface area contributed by atoms with Crippen LogP contribution in [-0.4, -0.2) is 76.0 Å². The summed E-state index contributed by atoms with van der Waals surface area (Å²) in [6.45, 7) is 6.63. The first kappa shape index (κ1) is 26.5. The highest BCUT2D eigenvalue weighted by Crippen LogP contribution is 2.21. The summed E-state index contributed by atoms with van der Waals surface area (Å²) in [7, 11) is 0. The van der Waals surface area contributed by atoms with Gasteiger partial charge >= 0.3 is 0 Å². The van der Waals surface area contributed by atoms with Gasteiger partial charge in [0.2, 0.25) is 0 Å². The molecule has 8 nitrogen and oxygen atoms in total. The second-order valence-electron chi connectivity index (χ2n) is 6.85. The van der Waals surface area contributed by atoms with Gasteiger partial charge in [-0.25, -0.2) is 0 Å². The first-order valence-corrected chi connectivity index (χ1v) is 9.64. The number of hydrogen-bond donors (Lipinski definition) is 0. The van der Waals surface area contributed by atoms with Gasteiger partial charge in [-0.15, -0.1) is 0 Å². The Morgan fingerprint density at radius 1 is 0.571 bits per heavy atom. The molecule has 0 atom stereocenters. The SMILES string of the molecule is CCC(=O)COCC(COCC(C)=O)(COCC(=O)CC)COCC(=O)CC. The van der Waals surface area contributed by atoms with Gasteiger partial charge in [-0.05, 0) is 6.92 Å². The standard InChI is InChI=1S/C20H34O8/c1-5-17(22)9-26-13-20(12-25-8-16(4)21,14-27-10-18(23)6-2)15-28-11-19(24)7-3/h5-15H2,1-4H3. The van der Waals surface area contributed by atoms with Crippen LogP contribution in [0.3, 0.4) is 0 Å². The fourth-order valence-corrected chi connectivity index (χ4v) is 2.11. The molecule has 0 N–H and O–H groups in total. The van der Waals surface area contributed by atoms with Crippen LogP contribution < -0.4 is 0 Å². The lowest BCUT2D eigenvalue weighted by Gasteiger charge is -2.32. The van der Waals surface area contributed by atoms with E-state index in [9.17, 15) is 19.2 Å². The van der Waals surface area contributed by atoms with Crippen molar-refractivity contribution in [3.05, 3.63) is 0 Å². The van der Waals surface area contributed by atoms with E-state index in [-0.39, 0.29) is 76.0 Å². The Bertz CT molecular complexity index is 445. The molecule has 0 heterocycles. The molecular formula is C20H34O8. The van der Waals surface area contributed by atoms with Crippen molar-refractivity contribution in [3.63, 3.8) is 0 Å². The van der Waals surface area contributed by atoms with Gasteiger partial charge in [0.25, 0.3) is 0 Å². The summed E-state index contributed by atoms with van der Waals surface area (Å²) in [5.74, 6) is -0.298. The van der Waals surface area contributed by atoms with Crippen molar-refractivity contribution in [3.8, 4) is 0 Å². The largest absolute Gasteiger partial charge is 0.373 e. The Morgan fingerprint density at radius 3 is 1.11 bits per heavy atom. The third-order valence-electron chi connectivity index (χ3n) is 3.91. The molecule has 0 aliphatic rings. The number of carbonyl (C=O) groups excluding carboxylic acids is 4. The molecule has 0 amide bonds. The highest BCUT2D eigenvalue weighted by Gasteiger charge is 2.33. The molecule has 0 aromatic heterocycles. The normalized spacial score (nSPS) is 11.4. The minimum atomic E-state index is -0.856. The minimum Gasteiger partial charge on any atom is -0.373 e. The average molecular weight is 402 g/mol. The average Bonchev–Trinajstić information content (AvgIpc) is 2.66. The van der Waals surface area contributed by atoms with Crippen molar-refractivity contribution in [2.24, 2.45) is 5.41 Å². The Morgan fingerprint density at radius 2 is 0.857 bits per heavy atom. The monoisotopic (exact) mass is 402 g/mol. The van der Waals surface area contributed by atoms with Crippen LogP contribution in [0.4, 0.5) is 0 Å². The lowest BCUT2D eigenvalue weighted by Crippen LogP contribution is -2.43. The fourth-order valence-electron chi connectivity index (χ4n) is 2.11. The smallest absolute Gasteiger partial charge is 0.158 e. The zero-order valence-corrected chi connectivity index (χ0v) is 17.5. The molecule has 0 radical (unpaired) electrons. The minimum absolute atomic E-state index is 0.0530. The van der Waals surface area contributed by atoms with Gasteiger partial charge in [-0.1, -0.05) is 20.8 Å². The van der Waals surface area contributed by atoms with E-state index in [0.717, 1.165) is 0 Å². The zero-order valence-electron chi connectivity index (χ0n) is 17.5. The van der Waals surface area contributed by atoms with Crippen molar-refractivity contribution in [1.29, 1.82) is 0 Å². The van der Waals surface area contributed by atoms with E-state index in [4.69, 9.17) is 18.9 Å². The van der Waals surface area contributed by atoms with Gasteiger partial charge in [0.1, 0.15) is 26.4 Å². The first-order chi connectivity index (χ1) is 13.3. The second-order valence-corrected chi connectivity index (χ2v) is 6.85. The van der Waals surface area contributed by atoms with Gasteiger partial charge in [-0.3, -0.25) is 19.2 Å². The topological polar surface area (TPSA) is 105 Å². The Kier molecular flexibility index (Phi) is 14.6. The fraction of sp³-hybridized carbons (Fsp3) is 0.800. The number of carbonyl (C=O) groups is 4. The molecule has 28 heavy (non-hydrogen) atoms. The van der Waals surface area contributed by atoms with E-state index in [1.807, 2.05) is 0 Å². The highest BCUT2D eigenvalue weighted by atomic mass is 16.5. The predicted octanol–water partition coefficient (Wildman–Crippen LogP) is 1.57. The van der Waals surface area contributed by atoms with Crippen LogP contribution in [0.5, 0.6) is 0 Å². The summed E-state index contributed by atoms with van der Waals surface area (Å²) >= 11 is 0. The van der Waals surface area contributed by atoms with E-state index in [2.05, 4.69) is 0 Å². The maximum absolute atomic E-state index is 11.5. The van der Waals surface area contributed by atoms with Crippen LogP contribution in [0.25, 0.3) is 0 Å². The lowest BCUT2D eigenvalue weighted by atomic mass is 9.92. The van der Waals surface area contributed by atoms with E-state index in [1.165, 1.54) is 6.92 Å². The zero-order chi connectivity index (χ0) is 21.4. The molecule has 0 bridgehead atoms. The number of ketones is 4. The quantitative estimate of drug-likeness (QED) is 0.321. The van der Waals surface area contributed by atoms with Gasteiger partial charge in [0.05, 0.1) is 31.8 Å². The number of hydrogen-bond acceptors (Lipinski definition) is 8. The molecule has 0 fully saturated rings. The van der Waals surface area contributed by atoms with Crippen molar-refractivity contribution >= 4 is 23.1 Å². The molecule has 0 aromatic carbocycles. The predicted molar refractivity (Wildman–Crippen MR) is 102 cm³/mol. The maximum Gasteiger partial charge on any atom is 0.158 e. The van der Waals surface area contributed by atoms with Crippen molar-refractivity contribution in [2.45, 2.75) is 47.0 Å². The maximum atomic E-state index is 11.5. The van der Waals surface area contributed by atoms with Crippen molar-refractivity contribution < 1.29 is 38.1 Å². The van der Waals surface area contributed by atoms with E-state index in [1.54, 1.807) is 20.8 Å². The molecule has 0 saturated carbocycles. The summed E-state index contributed by atoms with van der Waals surface area (Å²) in [6.07, 6.45) is 1.07. The molecule has 0 aliphatic carbocycles. The number of Topliss-reactive ketones (excluding diaryl/α,β-unsaturated/α-hetero) is 4. The van der Waals surface area contributed by atoms with Gasteiger partial charge < -0.3 is 18.9 Å².